The second-order valence-corrected chi connectivity index (χ2v) is 5.82. The van der Waals surface area contributed by atoms with Crippen molar-refractivity contribution in [2.75, 3.05) is 19.8 Å². The van der Waals surface area contributed by atoms with Gasteiger partial charge in [-0.15, -0.1) is 0 Å². The van der Waals surface area contributed by atoms with E-state index in [9.17, 15) is 17.9 Å². The fourth-order valence-corrected chi connectivity index (χ4v) is 2.72. The Morgan fingerprint density at radius 3 is 3.00 bits per heavy atom. The molecule has 2 heterocycles. The molecule has 0 aromatic carbocycles. The van der Waals surface area contributed by atoms with E-state index < -0.39 is 26.5 Å². The highest BCUT2D eigenvalue weighted by molar-refractivity contribution is 7.89. The third-order valence-electron chi connectivity index (χ3n) is 2.65. The Bertz CT molecular complexity index is 528. The standard InChI is InChI=1S/C10H13FN2O4S/c11-8-2-1-4-12-9(8)18(15,16)13-6-10(14)3-5-17-7-10/h1-2,4,13-14H,3,5-7H2. The molecular formula is C10H13FN2O4S. The summed E-state index contributed by atoms with van der Waals surface area (Å²) in [5, 5.41) is 9.23. The molecule has 1 atom stereocenters. The van der Waals surface area contributed by atoms with Crippen LogP contribution < -0.4 is 4.72 Å². The molecule has 0 radical (unpaired) electrons. The molecule has 0 spiro atoms. The van der Waals surface area contributed by atoms with Crippen LogP contribution in [0.5, 0.6) is 0 Å². The predicted octanol–water partition coefficient (Wildman–Crippen LogP) is -0.350. The minimum Gasteiger partial charge on any atom is -0.386 e. The van der Waals surface area contributed by atoms with Gasteiger partial charge in [-0.1, -0.05) is 0 Å². The molecule has 1 aromatic rings. The van der Waals surface area contributed by atoms with Crippen LogP contribution in [0.2, 0.25) is 0 Å². The van der Waals surface area contributed by atoms with Crippen LogP contribution in [0, 0.1) is 5.82 Å². The van der Waals surface area contributed by atoms with E-state index in [2.05, 4.69) is 9.71 Å². The fraction of sp³-hybridized carbons (Fsp3) is 0.500. The number of nitrogens with zero attached hydrogens (tertiary/aromatic N) is 1. The SMILES string of the molecule is O=S(=O)(NCC1(O)CCOC1)c1ncccc1F. The van der Waals surface area contributed by atoms with Gasteiger partial charge in [0.25, 0.3) is 10.0 Å². The molecule has 6 nitrogen and oxygen atoms in total. The summed E-state index contributed by atoms with van der Waals surface area (Å²) in [6.07, 6.45) is 1.52. The zero-order chi connectivity index (χ0) is 13.2. The van der Waals surface area contributed by atoms with Crippen LogP contribution in [-0.4, -0.2) is 43.9 Å². The largest absolute Gasteiger partial charge is 0.386 e. The molecule has 2 rings (SSSR count). The first kappa shape index (κ1) is 13.3. The zero-order valence-electron chi connectivity index (χ0n) is 9.47. The highest BCUT2D eigenvalue weighted by atomic mass is 32.2. The van der Waals surface area contributed by atoms with E-state index in [1.54, 1.807) is 0 Å². The maximum atomic E-state index is 13.3. The summed E-state index contributed by atoms with van der Waals surface area (Å²) in [6, 6.07) is 2.31. The second-order valence-electron chi connectivity index (χ2n) is 4.14. The van der Waals surface area contributed by atoms with E-state index in [-0.39, 0.29) is 13.2 Å². The van der Waals surface area contributed by atoms with Crippen molar-refractivity contribution in [3.05, 3.63) is 24.1 Å². The van der Waals surface area contributed by atoms with Gasteiger partial charge in [-0.25, -0.2) is 22.5 Å². The Balaban J connectivity index is 2.11. The Morgan fingerprint density at radius 2 is 2.39 bits per heavy atom. The van der Waals surface area contributed by atoms with E-state index in [4.69, 9.17) is 4.74 Å². The van der Waals surface area contributed by atoms with Crippen LogP contribution in [0.15, 0.2) is 23.4 Å². The monoisotopic (exact) mass is 276 g/mol. The lowest BCUT2D eigenvalue weighted by Crippen LogP contribution is -2.43. The van der Waals surface area contributed by atoms with Gasteiger partial charge < -0.3 is 9.84 Å². The molecule has 0 saturated carbocycles. The van der Waals surface area contributed by atoms with Crippen LogP contribution in [0.25, 0.3) is 0 Å². The summed E-state index contributed by atoms with van der Waals surface area (Å²) >= 11 is 0. The highest BCUT2D eigenvalue weighted by Crippen LogP contribution is 2.18. The van der Waals surface area contributed by atoms with E-state index >= 15 is 0 Å². The smallest absolute Gasteiger partial charge is 0.261 e. The Morgan fingerprint density at radius 1 is 1.61 bits per heavy atom. The maximum Gasteiger partial charge on any atom is 0.261 e. The van der Waals surface area contributed by atoms with Crippen LogP contribution in [-0.2, 0) is 14.8 Å². The summed E-state index contributed by atoms with van der Waals surface area (Å²) in [7, 11) is -4.07. The van der Waals surface area contributed by atoms with Crippen molar-refractivity contribution in [1.29, 1.82) is 0 Å². The second kappa shape index (κ2) is 4.88. The minimum absolute atomic E-state index is 0.0558. The summed E-state index contributed by atoms with van der Waals surface area (Å²) < 4.78 is 44.0. The van der Waals surface area contributed by atoms with E-state index in [0.717, 1.165) is 6.07 Å². The van der Waals surface area contributed by atoms with Gasteiger partial charge in [0.2, 0.25) is 5.03 Å². The number of aliphatic hydroxyl groups is 1. The lowest BCUT2D eigenvalue weighted by Gasteiger charge is -2.20. The molecule has 1 fully saturated rings. The van der Waals surface area contributed by atoms with E-state index in [1.165, 1.54) is 12.3 Å². The lowest BCUT2D eigenvalue weighted by molar-refractivity contribution is 0.0314. The Kier molecular flexibility index (Phi) is 3.62. The third kappa shape index (κ3) is 2.83. The van der Waals surface area contributed by atoms with Crippen molar-refractivity contribution in [3.8, 4) is 0 Å². The number of ether oxygens (including phenoxy) is 1. The topological polar surface area (TPSA) is 88.5 Å². The Hall–Kier alpha value is -1.09. The van der Waals surface area contributed by atoms with Crippen molar-refractivity contribution < 1.29 is 22.7 Å². The van der Waals surface area contributed by atoms with Crippen LogP contribution in [0.3, 0.4) is 0 Å². The van der Waals surface area contributed by atoms with Crippen molar-refractivity contribution in [3.63, 3.8) is 0 Å². The van der Waals surface area contributed by atoms with Gasteiger partial charge in [-0.05, 0) is 12.1 Å². The van der Waals surface area contributed by atoms with Crippen molar-refractivity contribution in [1.82, 2.24) is 9.71 Å². The molecule has 0 amide bonds. The number of aromatic nitrogens is 1. The van der Waals surface area contributed by atoms with Crippen LogP contribution in [0.1, 0.15) is 6.42 Å². The predicted molar refractivity (Wildman–Crippen MR) is 59.8 cm³/mol. The molecule has 100 valence electrons. The third-order valence-corrected chi connectivity index (χ3v) is 3.99. The van der Waals surface area contributed by atoms with Crippen molar-refractivity contribution in [2.24, 2.45) is 0 Å². The first-order valence-corrected chi connectivity index (χ1v) is 6.82. The number of rotatable bonds is 4. The number of halogens is 1. The van der Waals surface area contributed by atoms with Gasteiger partial charge in [0.1, 0.15) is 5.60 Å². The normalized spacial score (nSPS) is 24.3. The van der Waals surface area contributed by atoms with Gasteiger partial charge >= 0.3 is 0 Å². The summed E-state index contributed by atoms with van der Waals surface area (Å²) in [6.45, 7) is 0.196. The maximum absolute atomic E-state index is 13.3. The van der Waals surface area contributed by atoms with Crippen molar-refractivity contribution >= 4 is 10.0 Å². The molecule has 18 heavy (non-hydrogen) atoms. The molecular weight excluding hydrogens is 263 g/mol. The van der Waals surface area contributed by atoms with Crippen LogP contribution in [0.4, 0.5) is 4.39 Å². The molecule has 1 aliphatic rings. The average Bonchev–Trinajstić information content (AvgIpc) is 2.75. The van der Waals surface area contributed by atoms with E-state index in [0.29, 0.717) is 13.0 Å². The van der Waals surface area contributed by atoms with E-state index in [1.807, 2.05) is 0 Å². The van der Waals surface area contributed by atoms with Crippen LogP contribution >= 0.6 is 0 Å². The van der Waals surface area contributed by atoms with Gasteiger partial charge in [-0.3, -0.25) is 0 Å². The summed E-state index contributed by atoms with van der Waals surface area (Å²) in [5.41, 5.74) is -1.24. The lowest BCUT2D eigenvalue weighted by atomic mass is 10.1. The number of nitrogens with one attached hydrogen (secondary N) is 1. The molecule has 1 aliphatic heterocycles. The number of pyridine rings is 1. The summed E-state index contributed by atoms with van der Waals surface area (Å²) in [4.78, 5) is 3.48. The molecule has 8 heteroatoms. The Labute approximate surface area is 104 Å². The van der Waals surface area contributed by atoms with Gasteiger partial charge in [0.15, 0.2) is 5.82 Å². The fourth-order valence-electron chi connectivity index (χ4n) is 1.60. The molecule has 0 bridgehead atoms. The molecule has 1 unspecified atom stereocenters. The number of sulfonamides is 1. The van der Waals surface area contributed by atoms with Gasteiger partial charge in [0.05, 0.1) is 6.61 Å². The molecule has 1 saturated heterocycles. The van der Waals surface area contributed by atoms with Gasteiger partial charge in [-0.2, -0.15) is 0 Å². The minimum atomic E-state index is -4.07. The number of hydrogen-bond acceptors (Lipinski definition) is 5. The molecule has 1 aromatic heterocycles. The summed E-state index contributed by atoms with van der Waals surface area (Å²) in [5.74, 6) is -0.931. The quantitative estimate of drug-likeness (QED) is 0.784. The highest BCUT2D eigenvalue weighted by Gasteiger charge is 2.34. The molecule has 2 N–H and O–H groups in total. The first-order valence-electron chi connectivity index (χ1n) is 5.33. The first-order chi connectivity index (χ1) is 8.43. The van der Waals surface area contributed by atoms with Gasteiger partial charge in [0, 0.05) is 25.8 Å². The van der Waals surface area contributed by atoms with Crippen molar-refractivity contribution in [2.45, 2.75) is 17.0 Å². The number of hydrogen-bond donors (Lipinski definition) is 2. The average molecular weight is 276 g/mol. The molecule has 0 aliphatic carbocycles. The zero-order valence-corrected chi connectivity index (χ0v) is 10.3.